The first-order chi connectivity index (χ1) is 8.22. The molecule has 17 heavy (non-hydrogen) atoms. The Morgan fingerprint density at radius 1 is 1.18 bits per heavy atom. The number of aryl methyl sites for hydroxylation is 1. The van der Waals surface area contributed by atoms with Crippen LogP contribution in [0.2, 0.25) is 0 Å². The summed E-state index contributed by atoms with van der Waals surface area (Å²) in [5, 5.41) is 3.05. The van der Waals surface area contributed by atoms with Gasteiger partial charge < -0.3 is 11.1 Å². The maximum absolute atomic E-state index is 6.22. The van der Waals surface area contributed by atoms with E-state index in [9.17, 15) is 0 Å². The minimum atomic E-state index is -0.117. The summed E-state index contributed by atoms with van der Waals surface area (Å²) in [5.74, 6) is 0.897. The molecule has 0 fully saturated rings. The van der Waals surface area contributed by atoms with E-state index in [1.165, 1.54) is 0 Å². The van der Waals surface area contributed by atoms with Gasteiger partial charge in [0.2, 0.25) is 0 Å². The molecule has 88 valence electrons. The fraction of sp³-hybridized carbons (Fsp3) is 0.214. The van der Waals surface area contributed by atoms with Crippen molar-refractivity contribution < 1.29 is 0 Å². The number of pyridine rings is 1. The SMILES string of the molecule is CNc1ncc([C@@H](N)c2ccccc2)cc1C. The number of hydrogen-bond donors (Lipinski definition) is 2. The number of aromatic nitrogens is 1. The van der Waals surface area contributed by atoms with Gasteiger partial charge >= 0.3 is 0 Å². The van der Waals surface area contributed by atoms with Crippen LogP contribution in [0.3, 0.4) is 0 Å². The molecule has 1 aromatic carbocycles. The minimum Gasteiger partial charge on any atom is -0.373 e. The zero-order valence-corrected chi connectivity index (χ0v) is 10.1. The third-order valence-electron chi connectivity index (χ3n) is 2.85. The third kappa shape index (κ3) is 2.45. The molecule has 3 nitrogen and oxygen atoms in total. The van der Waals surface area contributed by atoms with Crippen molar-refractivity contribution in [2.75, 3.05) is 12.4 Å². The molecule has 3 heteroatoms. The Kier molecular flexibility index (Phi) is 3.40. The van der Waals surface area contributed by atoms with E-state index < -0.39 is 0 Å². The average molecular weight is 227 g/mol. The standard InChI is InChI=1S/C14H17N3/c1-10-8-12(9-17-14(10)16-2)13(15)11-6-4-3-5-7-11/h3-9,13H,15H2,1-2H3,(H,16,17)/t13-/m0/s1. The Morgan fingerprint density at radius 2 is 1.88 bits per heavy atom. The van der Waals surface area contributed by atoms with Crippen LogP contribution < -0.4 is 11.1 Å². The van der Waals surface area contributed by atoms with Crippen molar-refractivity contribution in [2.24, 2.45) is 5.73 Å². The Bertz CT molecular complexity index is 494. The van der Waals surface area contributed by atoms with Crippen LogP contribution in [0.1, 0.15) is 22.7 Å². The lowest BCUT2D eigenvalue weighted by molar-refractivity contribution is 0.861. The van der Waals surface area contributed by atoms with Gasteiger partial charge in [-0.05, 0) is 29.7 Å². The number of nitrogens with two attached hydrogens (primary N) is 1. The van der Waals surface area contributed by atoms with Crippen LogP contribution in [0, 0.1) is 6.92 Å². The Morgan fingerprint density at radius 3 is 2.47 bits per heavy atom. The second-order valence-corrected chi connectivity index (χ2v) is 4.07. The van der Waals surface area contributed by atoms with Gasteiger partial charge in [0.1, 0.15) is 5.82 Å². The fourth-order valence-corrected chi connectivity index (χ4v) is 1.88. The molecule has 2 aromatic rings. The smallest absolute Gasteiger partial charge is 0.128 e. The van der Waals surface area contributed by atoms with Crippen molar-refractivity contribution in [2.45, 2.75) is 13.0 Å². The van der Waals surface area contributed by atoms with Crippen LogP contribution in [-0.4, -0.2) is 12.0 Å². The van der Waals surface area contributed by atoms with E-state index >= 15 is 0 Å². The first kappa shape index (κ1) is 11.6. The lowest BCUT2D eigenvalue weighted by atomic mass is 10.00. The molecule has 0 spiro atoms. The summed E-state index contributed by atoms with van der Waals surface area (Å²) in [6.45, 7) is 2.03. The van der Waals surface area contributed by atoms with E-state index in [1.807, 2.05) is 50.5 Å². The van der Waals surface area contributed by atoms with Gasteiger partial charge in [0.15, 0.2) is 0 Å². The van der Waals surface area contributed by atoms with E-state index in [1.54, 1.807) is 0 Å². The van der Waals surface area contributed by atoms with Crippen LogP contribution in [0.25, 0.3) is 0 Å². The van der Waals surface area contributed by atoms with Gasteiger partial charge in [-0.3, -0.25) is 0 Å². The summed E-state index contributed by atoms with van der Waals surface area (Å²) in [4.78, 5) is 4.35. The second-order valence-electron chi connectivity index (χ2n) is 4.07. The predicted octanol–water partition coefficient (Wildman–Crippen LogP) is 2.48. The van der Waals surface area contributed by atoms with E-state index in [-0.39, 0.29) is 6.04 Å². The first-order valence-electron chi connectivity index (χ1n) is 5.67. The molecule has 0 bridgehead atoms. The monoisotopic (exact) mass is 227 g/mol. The van der Waals surface area contributed by atoms with Crippen molar-refractivity contribution in [1.82, 2.24) is 4.98 Å². The summed E-state index contributed by atoms with van der Waals surface area (Å²) in [7, 11) is 1.87. The highest BCUT2D eigenvalue weighted by Gasteiger charge is 2.10. The van der Waals surface area contributed by atoms with Crippen LogP contribution in [0.5, 0.6) is 0 Å². The third-order valence-corrected chi connectivity index (χ3v) is 2.85. The highest BCUT2D eigenvalue weighted by Crippen LogP contribution is 2.21. The van der Waals surface area contributed by atoms with Crippen molar-refractivity contribution in [1.29, 1.82) is 0 Å². The molecule has 0 saturated carbocycles. The van der Waals surface area contributed by atoms with Gasteiger partial charge in [-0.2, -0.15) is 0 Å². The summed E-state index contributed by atoms with van der Waals surface area (Å²) in [5.41, 5.74) is 9.46. The molecule has 0 amide bonds. The number of nitrogens with one attached hydrogen (secondary N) is 1. The molecule has 3 N–H and O–H groups in total. The molecule has 0 aliphatic carbocycles. The molecular weight excluding hydrogens is 210 g/mol. The molecule has 0 saturated heterocycles. The number of rotatable bonds is 3. The largest absolute Gasteiger partial charge is 0.373 e. The highest BCUT2D eigenvalue weighted by molar-refractivity contribution is 5.45. The summed E-state index contributed by atoms with van der Waals surface area (Å²) >= 11 is 0. The first-order valence-corrected chi connectivity index (χ1v) is 5.67. The fourth-order valence-electron chi connectivity index (χ4n) is 1.88. The molecule has 2 rings (SSSR count). The van der Waals surface area contributed by atoms with Crippen LogP contribution >= 0.6 is 0 Å². The molecule has 0 radical (unpaired) electrons. The van der Waals surface area contributed by atoms with Crippen molar-refractivity contribution >= 4 is 5.82 Å². The predicted molar refractivity (Wildman–Crippen MR) is 71.0 cm³/mol. The maximum Gasteiger partial charge on any atom is 0.128 e. The molecule has 0 aliphatic rings. The quantitative estimate of drug-likeness (QED) is 0.847. The maximum atomic E-state index is 6.22. The van der Waals surface area contributed by atoms with Crippen molar-refractivity contribution in [3.63, 3.8) is 0 Å². The van der Waals surface area contributed by atoms with E-state index in [4.69, 9.17) is 5.73 Å². The zero-order chi connectivity index (χ0) is 12.3. The van der Waals surface area contributed by atoms with Crippen LogP contribution in [0.15, 0.2) is 42.6 Å². The minimum absolute atomic E-state index is 0.117. The van der Waals surface area contributed by atoms with E-state index in [0.717, 1.165) is 22.5 Å². The number of benzene rings is 1. The molecule has 0 unspecified atom stereocenters. The molecule has 0 aliphatic heterocycles. The lowest BCUT2D eigenvalue weighted by Crippen LogP contribution is -2.12. The Hall–Kier alpha value is -1.87. The molecule has 1 heterocycles. The highest BCUT2D eigenvalue weighted by atomic mass is 15.0. The van der Waals surface area contributed by atoms with Crippen molar-refractivity contribution in [3.05, 3.63) is 59.3 Å². The lowest BCUT2D eigenvalue weighted by Gasteiger charge is -2.14. The van der Waals surface area contributed by atoms with E-state index in [2.05, 4.69) is 16.4 Å². The second kappa shape index (κ2) is 4.97. The van der Waals surface area contributed by atoms with Gasteiger partial charge in [-0.1, -0.05) is 30.3 Å². The normalized spacial score (nSPS) is 12.2. The van der Waals surface area contributed by atoms with Gasteiger partial charge in [0, 0.05) is 13.2 Å². The van der Waals surface area contributed by atoms with Crippen molar-refractivity contribution in [3.8, 4) is 0 Å². The van der Waals surface area contributed by atoms with E-state index in [0.29, 0.717) is 0 Å². The summed E-state index contributed by atoms with van der Waals surface area (Å²) < 4.78 is 0. The molecule has 1 atom stereocenters. The van der Waals surface area contributed by atoms with Gasteiger partial charge in [0.25, 0.3) is 0 Å². The Labute approximate surface area is 102 Å². The topological polar surface area (TPSA) is 50.9 Å². The van der Waals surface area contributed by atoms with Crippen LogP contribution in [0.4, 0.5) is 5.82 Å². The summed E-state index contributed by atoms with van der Waals surface area (Å²) in [6, 6.07) is 12.0. The average Bonchev–Trinajstić information content (AvgIpc) is 2.39. The van der Waals surface area contributed by atoms with Gasteiger partial charge in [-0.25, -0.2) is 4.98 Å². The number of anilines is 1. The summed E-state index contributed by atoms with van der Waals surface area (Å²) in [6.07, 6.45) is 1.83. The number of hydrogen-bond acceptors (Lipinski definition) is 3. The zero-order valence-electron chi connectivity index (χ0n) is 10.1. The molecule has 1 aromatic heterocycles. The number of nitrogens with zero attached hydrogens (tertiary/aromatic N) is 1. The van der Waals surface area contributed by atoms with Gasteiger partial charge in [-0.15, -0.1) is 0 Å². The van der Waals surface area contributed by atoms with Crippen LogP contribution in [-0.2, 0) is 0 Å². The Balaban J connectivity index is 2.32. The van der Waals surface area contributed by atoms with Gasteiger partial charge in [0.05, 0.1) is 6.04 Å². The molecular formula is C14H17N3.